The highest BCUT2D eigenvalue weighted by molar-refractivity contribution is 14.1. The van der Waals surface area contributed by atoms with E-state index in [0.29, 0.717) is 32.3 Å². The molecule has 3 nitrogen and oxygen atoms in total. The number of halogens is 3. The topological polar surface area (TPSA) is 40.5 Å². The van der Waals surface area contributed by atoms with Gasteiger partial charge in [-0.2, -0.15) is 0 Å². The molecule has 1 fully saturated rings. The molecule has 104 valence electrons. The molecular weight excluding hydrogens is 400 g/mol. The van der Waals surface area contributed by atoms with Crippen LogP contribution in [0.15, 0.2) is 12.1 Å². The third kappa shape index (κ3) is 3.35. The second-order valence-corrected chi connectivity index (χ2v) is 6.76. The van der Waals surface area contributed by atoms with Crippen molar-refractivity contribution in [2.45, 2.75) is 19.4 Å². The number of likely N-dealkylation sites (tertiary alicyclic amines) is 1. The number of piperidine rings is 1. The molecule has 1 aromatic rings. The van der Waals surface area contributed by atoms with Crippen LogP contribution >= 0.6 is 45.8 Å². The van der Waals surface area contributed by atoms with Crippen molar-refractivity contribution in [1.29, 1.82) is 0 Å². The number of amides is 1. The molecule has 0 saturated carbocycles. The molecule has 1 aliphatic rings. The van der Waals surface area contributed by atoms with Crippen molar-refractivity contribution >= 4 is 51.7 Å². The second-order valence-electron chi connectivity index (χ2n) is 4.83. The van der Waals surface area contributed by atoms with Gasteiger partial charge in [-0.05, 0) is 47.1 Å². The zero-order valence-corrected chi connectivity index (χ0v) is 14.0. The van der Waals surface area contributed by atoms with E-state index in [1.54, 1.807) is 17.0 Å². The fourth-order valence-electron chi connectivity index (χ4n) is 2.12. The molecule has 1 heterocycles. The van der Waals surface area contributed by atoms with E-state index in [2.05, 4.69) is 0 Å². The number of aliphatic hydroxyl groups is 1. The molecule has 0 spiro atoms. The zero-order chi connectivity index (χ0) is 14.2. The van der Waals surface area contributed by atoms with Gasteiger partial charge in [0.15, 0.2) is 0 Å². The molecular formula is C13H14Cl2INO2. The minimum atomic E-state index is -0.468. The van der Waals surface area contributed by atoms with Gasteiger partial charge in [-0.1, -0.05) is 30.1 Å². The Balaban J connectivity index is 2.25. The summed E-state index contributed by atoms with van der Waals surface area (Å²) in [5.41, 5.74) is 0.500. The number of nitrogens with zero attached hydrogens (tertiary/aromatic N) is 1. The first-order valence-corrected chi connectivity index (χ1v) is 7.85. The highest BCUT2D eigenvalue weighted by atomic mass is 127. The van der Waals surface area contributed by atoms with Gasteiger partial charge in [0.05, 0.1) is 16.7 Å². The van der Waals surface area contributed by atoms with Crippen LogP contribution in [0.25, 0.3) is 0 Å². The van der Waals surface area contributed by atoms with Crippen molar-refractivity contribution in [3.8, 4) is 0 Å². The Morgan fingerprint density at radius 1 is 1.47 bits per heavy atom. The van der Waals surface area contributed by atoms with E-state index in [9.17, 15) is 9.90 Å². The summed E-state index contributed by atoms with van der Waals surface area (Å²) in [5, 5.41) is 10.8. The molecule has 6 heteroatoms. The number of carbonyl (C=O) groups is 1. The highest BCUT2D eigenvalue weighted by Gasteiger charge is 2.29. The number of aliphatic hydroxyl groups excluding tert-OH is 1. The van der Waals surface area contributed by atoms with Crippen molar-refractivity contribution < 1.29 is 9.90 Å². The predicted octanol–water partition coefficient (Wildman–Crippen LogP) is 3.44. The Morgan fingerprint density at radius 3 is 2.79 bits per heavy atom. The zero-order valence-electron chi connectivity index (χ0n) is 10.4. The Bertz CT molecular complexity index is 510. The molecule has 19 heavy (non-hydrogen) atoms. The van der Waals surface area contributed by atoms with Crippen molar-refractivity contribution in [1.82, 2.24) is 4.90 Å². The SMILES string of the molecule is CC1CCN(C(=O)c2cc(Cl)cc(Cl)c2I)CC1O. The van der Waals surface area contributed by atoms with E-state index in [1.807, 2.05) is 29.5 Å². The molecule has 0 aromatic heterocycles. The first-order chi connectivity index (χ1) is 8.90. The van der Waals surface area contributed by atoms with Gasteiger partial charge in [-0.3, -0.25) is 4.79 Å². The normalized spacial score (nSPS) is 23.5. The third-order valence-electron chi connectivity index (χ3n) is 3.43. The molecule has 1 amide bonds. The molecule has 1 aliphatic heterocycles. The highest BCUT2D eigenvalue weighted by Crippen LogP contribution is 2.29. The summed E-state index contributed by atoms with van der Waals surface area (Å²) in [4.78, 5) is 14.1. The van der Waals surface area contributed by atoms with Crippen LogP contribution < -0.4 is 0 Å². The molecule has 2 atom stereocenters. The van der Waals surface area contributed by atoms with E-state index in [0.717, 1.165) is 6.42 Å². The standard InChI is InChI=1S/C13H14Cl2INO2/c1-7-2-3-17(6-11(7)18)13(19)9-4-8(14)5-10(15)12(9)16/h4-5,7,11,18H,2-3,6H2,1H3. The number of hydrogen-bond acceptors (Lipinski definition) is 2. The number of benzene rings is 1. The summed E-state index contributed by atoms with van der Waals surface area (Å²) in [6, 6.07) is 3.25. The Kier molecular flexibility index (Phi) is 4.98. The maximum Gasteiger partial charge on any atom is 0.255 e. The minimum Gasteiger partial charge on any atom is -0.391 e. The number of hydrogen-bond donors (Lipinski definition) is 1. The molecule has 0 aliphatic carbocycles. The van der Waals surface area contributed by atoms with Gasteiger partial charge < -0.3 is 10.0 Å². The predicted molar refractivity (Wildman–Crippen MR) is 84.9 cm³/mol. The van der Waals surface area contributed by atoms with E-state index in [1.165, 1.54) is 0 Å². The number of carbonyl (C=O) groups excluding carboxylic acids is 1. The molecule has 1 N–H and O–H groups in total. The minimum absolute atomic E-state index is 0.125. The molecule has 0 bridgehead atoms. The van der Waals surface area contributed by atoms with Crippen LogP contribution in [-0.4, -0.2) is 35.1 Å². The van der Waals surface area contributed by atoms with E-state index in [-0.39, 0.29) is 11.8 Å². The van der Waals surface area contributed by atoms with Gasteiger partial charge >= 0.3 is 0 Å². The maximum absolute atomic E-state index is 12.5. The fourth-order valence-corrected chi connectivity index (χ4v) is 3.15. The first-order valence-electron chi connectivity index (χ1n) is 6.02. The summed E-state index contributed by atoms with van der Waals surface area (Å²) in [5.74, 6) is 0.103. The lowest BCUT2D eigenvalue weighted by Crippen LogP contribution is -2.46. The van der Waals surface area contributed by atoms with E-state index >= 15 is 0 Å². The third-order valence-corrected chi connectivity index (χ3v) is 5.43. The van der Waals surface area contributed by atoms with Crippen molar-refractivity contribution in [3.63, 3.8) is 0 Å². The van der Waals surface area contributed by atoms with Gasteiger partial charge in [0.1, 0.15) is 0 Å². The second kappa shape index (κ2) is 6.16. The molecule has 1 saturated heterocycles. The molecule has 1 aromatic carbocycles. The van der Waals surface area contributed by atoms with Crippen LogP contribution in [0, 0.1) is 9.49 Å². The quantitative estimate of drug-likeness (QED) is 0.565. The Labute approximate surface area is 136 Å². The van der Waals surface area contributed by atoms with Crippen LogP contribution in [0.3, 0.4) is 0 Å². The van der Waals surface area contributed by atoms with Crippen LogP contribution in [0.4, 0.5) is 0 Å². The summed E-state index contributed by atoms with van der Waals surface area (Å²) in [7, 11) is 0. The lowest BCUT2D eigenvalue weighted by molar-refractivity contribution is 0.0248. The molecule has 2 unspecified atom stereocenters. The molecule has 0 radical (unpaired) electrons. The van der Waals surface area contributed by atoms with E-state index in [4.69, 9.17) is 23.2 Å². The number of rotatable bonds is 1. The lowest BCUT2D eigenvalue weighted by atomic mass is 9.95. The maximum atomic E-state index is 12.5. The smallest absolute Gasteiger partial charge is 0.255 e. The van der Waals surface area contributed by atoms with Crippen molar-refractivity contribution in [3.05, 3.63) is 31.3 Å². The van der Waals surface area contributed by atoms with E-state index < -0.39 is 6.10 Å². The van der Waals surface area contributed by atoms with Gasteiger partial charge in [0.25, 0.3) is 5.91 Å². The van der Waals surface area contributed by atoms with Gasteiger partial charge in [-0.25, -0.2) is 0 Å². The van der Waals surface area contributed by atoms with Crippen LogP contribution in [0.5, 0.6) is 0 Å². The average molecular weight is 414 g/mol. The number of β-amino-alcohol motifs (C(OH)–C–C–N with tert-alkyl or cyclic N) is 1. The Hall–Kier alpha value is -0.0400. The van der Waals surface area contributed by atoms with Gasteiger partial charge in [0, 0.05) is 21.7 Å². The van der Waals surface area contributed by atoms with Crippen LogP contribution in [-0.2, 0) is 0 Å². The summed E-state index contributed by atoms with van der Waals surface area (Å²) in [6.45, 7) is 3.00. The largest absolute Gasteiger partial charge is 0.391 e. The summed E-state index contributed by atoms with van der Waals surface area (Å²) < 4.78 is 0.696. The molecule has 2 rings (SSSR count). The van der Waals surface area contributed by atoms with Crippen LogP contribution in [0.1, 0.15) is 23.7 Å². The average Bonchev–Trinajstić information content (AvgIpc) is 2.36. The summed E-state index contributed by atoms with van der Waals surface area (Å²) >= 11 is 14.0. The van der Waals surface area contributed by atoms with Gasteiger partial charge in [-0.15, -0.1) is 0 Å². The fraction of sp³-hybridized carbons (Fsp3) is 0.462. The lowest BCUT2D eigenvalue weighted by Gasteiger charge is -2.34. The Morgan fingerprint density at radius 2 is 2.16 bits per heavy atom. The monoisotopic (exact) mass is 413 g/mol. The van der Waals surface area contributed by atoms with Gasteiger partial charge in [0.2, 0.25) is 0 Å². The van der Waals surface area contributed by atoms with Crippen LogP contribution in [0.2, 0.25) is 10.0 Å². The summed E-state index contributed by atoms with van der Waals surface area (Å²) in [6.07, 6.45) is 0.336. The first kappa shape index (κ1) is 15.4. The van der Waals surface area contributed by atoms with Crippen molar-refractivity contribution in [2.24, 2.45) is 5.92 Å². The van der Waals surface area contributed by atoms with Crippen molar-refractivity contribution in [2.75, 3.05) is 13.1 Å².